The predicted octanol–water partition coefficient (Wildman–Crippen LogP) is 2.90. The zero-order valence-electron chi connectivity index (χ0n) is 8.56. The molecule has 82 valence electrons. The molecule has 0 saturated heterocycles. The Labute approximate surface area is 103 Å². The van der Waals surface area contributed by atoms with Gasteiger partial charge in [0.25, 0.3) is 0 Å². The van der Waals surface area contributed by atoms with Crippen LogP contribution in [0.4, 0.5) is 4.39 Å². The van der Waals surface area contributed by atoms with Crippen LogP contribution in [0, 0.1) is 9.39 Å². The molecule has 3 N–H and O–H groups in total. The lowest BCUT2D eigenvalue weighted by Crippen LogP contribution is -2.28. The fourth-order valence-electron chi connectivity index (χ4n) is 1.39. The van der Waals surface area contributed by atoms with Crippen molar-refractivity contribution in [1.29, 1.82) is 0 Å². The highest BCUT2D eigenvalue weighted by atomic mass is 127. The molecule has 1 aromatic rings. The summed E-state index contributed by atoms with van der Waals surface area (Å²) in [7, 11) is 0. The van der Waals surface area contributed by atoms with Crippen LogP contribution in [0.5, 0.6) is 0 Å². The lowest BCUT2D eigenvalue weighted by atomic mass is 10.0. The molecule has 0 aromatic heterocycles. The molecule has 0 saturated carbocycles. The number of hydrazine groups is 1. The van der Waals surface area contributed by atoms with Gasteiger partial charge in [-0.2, -0.15) is 0 Å². The van der Waals surface area contributed by atoms with Crippen molar-refractivity contribution < 1.29 is 4.39 Å². The number of hydrogen-bond donors (Lipinski definition) is 2. The summed E-state index contributed by atoms with van der Waals surface area (Å²) in [6.45, 7) is 5.79. The average molecular weight is 320 g/mol. The van der Waals surface area contributed by atoms with Gasteiger partial charge in [0.2, 0.25) is 0 Å². The van der Waals surface area contributed by atoms with Gasteiger partial charge in [-0.25, -0.2) is 4.39 Å². The van der Waals surface area contributed by atoms with Crippen molar-refractivity contribution in [3.8, 4) is 0 Å². The second kappa shape index (κ2) is 5.58. The smallest absolute Gasteiger partial charge is 0.124 e. The molecule has 15 heavy (non-hydrogen) atoms. The van der Waals surface area contributed by atoms with Crippen LogP contribution in [-0.4, -0.2) is 0 Å². The molecule has 0 aliphatic carbocycles. The quantitative estimate of drug-likeness (QED) is 0.387. The van der Waals surface area contributed by atoms with E-state index in [4.69, 9.17) is 5.84 Å². The summed E-state index contributed by atoms with van der Waals surface area (Å²) in [6.07, 6.45) is 0.748. The molecule has 0 aliphatic rings. The number of hydrogen-bond acceptors (Lipinski definition) is 2. The average Bonchev–Trinajstić information content (AvgIpc) is 2.14. The number of halogens is 2. The second-order valence-electron chi connectivity index (χ2n) is 3.55. The van der Waals surface area contributed by atoms with Crippen LogP contribution in [-0.2, 0) is 0 Å². The van der Waals surface area contributed by atoms with E-state index in [1.807, 2.05) is 6.92 Å². The van der Waals surface area contributed by atoms with Crippen LogP contribution < -0.4 is 11.3 Å². The molecule has 1 rings (SSSR count). The molecule has 0 fully saturated rings. The van der Waals surface area contributed by atoms with Crippen molar-refractivity contribution in [2.45, 2.75) is 19.4 Å². The Morgan fingerprint density at radius 1 is 1.67 bits per heavy atom. The van der Waals surface area contributed by atoms with E-state index >= 15 is 0 Å². The molecular weight excluding hydrogens is 306 g/mol. The van der Waals surface area contributed by atoms with E-state index in [9.17, 15) is 4.39 Å². The fraction of sp³-hybridized carbons (Fsp3) is 0.273. The van der Waals surface area contributed by atoms with Gasteiger partial charge < -0.3 is 0 Å². The van der Waals surface area contributed by atoms with E-state index in [0.717, 1.165) is 21.1 Å². The summed E-state index contributed by atoms with van der Waals surface area (Å²) < 4.78 is 13.8. The zero-order valence-corrected chi connectivity index (χ0v) is 10.7. The standard InChI is InChI=1S/C11H14FIN2/c1-7(2)5-11(15-14)9-4-3-8(12)6-10(9)13/h3-4,6,11,15H,1,5,14H2,2H3. The number of rotatable bonds is 4. The largest absolute Gasteiger partial charge is 0.271 e. The fourth-order valence-corrected chi connectivity index (χ4v) is 2.24. The third-order valence-electron chi connectivity index (χ3n) is 2.09. The van der Waals surface area contributed by atoms with E-state index in [1.165, 1.54) is 12.1 Å². The topological polar surface area (TPSA) is 38.0 Å². The van der Waals surface area contributed by atoms with Crippen LogP contribution in [0.15, 0.2) is 30.4 Å². The van der Waals surface area contributed by atoms with Crippen LogP contribution in [0.25, 0.3) is 0 Å². The summed E-state index contributed by atoms with van der Waals surface area (Å²) in [4.78, 5) is 0. The van der Waals surface area contributed by atoms with Gasteiger partial charge in [0, 0.05) is 3.57 Å². The van der Waals surface area contributed by atoms with Gasteiger partial charge in [-0.1, -0.05) is 11.6 Å². The lowest BCUT2D eigenvalue weighted by molar-refractivity contribution is 0.545. The Hall–Kier alpha value is -0.460. The van der Waals surface area contributed by atoms with Gasteiger partial charge in [0.05, 0.1) is 6.04 Å². The second-order valence-corrected chi connectivity index (χ2v) is 4.71. The first kappa shape index (κ1) is 12.6. The van der Waals surface area contributed by atoms with Crippen LogP contribution in [0.1, 0.15) is 24.9 Å². The van der Waals surface area contributed by atoms with Gasteiger partial charge in [-0.05, 0) is 53.6 Å². The minimum Gasteiger partial charge on any atom is -0.271 e. The van der Waals surface area contributed by atoms with Gasteiger partial charge in [0.1, 0.15) is 5.82 Å². The number of nitrogens with one attached hydrogen (secondary N) is 1. The van der Waals surface area contributed by atoms with E-state index < -0.39 is 0 Å². The molecule has 0 aliphatic heterocycles. The Morgan fingerprint density at radius 3 is 2.80 bits per heavy atom. The summed E-state index contributed by atoms with van der Waals surface area (Å²) >= 11 is 2.11. The monoisotopic (exact) mass is 320 g/mol. The molecule has 0 amide bonds. The minimum atomic E-state index is -0.228. The highest BCUT2D eigenvalue weighted by molar-refractivity contribution is 14.1. The highest BCUT2D eigenvalue weighted by Crippen LogP contribution is 2.24. The van der Waals surface area contributed by atoms with E-state index in [-0.39, 0.29) is 11.9 Å². The molecule has 0 radical (unpaired) electrons. The van der Waals surface area contributed by atoms with Crippen molar-refractivity contribution in [2.75, 3.05) is 0 Å². The first-order valence-electron chi connectivity index (χ1n) is 4.60. The normalized spacial score (nSPS) is 12.5. The van der Waals surface area contributed by atoms with Crippen molar-refractivity contribution in [2.24, 2.45) is 5.84 Å². The molecule has 0 bridgehead atoms. The van der Waals surface area contributed by atoms with Crippen molar-refractivity contribution in [1.82, 2.24) is 5.43 Å². The van der Waals surface area contributed by atoms with Crippen LogP contribution in [0.3, 0.4) is 0 Å². The van der Waals surface area contributed by atoms with Gasteiger partial charge in [0.15, 0.2) is 0 Å². The number of benzene rings is 1. The summed E-state index contributed by atoms with van der Waals surface area (Å²) in [6, 6.07) is 4.69. The van der Waals surface area contributed by atoms with Crippen molar-refractivity contribution >= 4 is 22.6 Å². The highest BCUT2D eigenvalue weighted by Gasteiger charge is 2.13. The molecule has 0 spiro atoms. The molecule has 1 unspecified atom stereocenters. The first-order valence-corrected chi connectivity index (χ1v) is 5.68. The minimum absolute atomic E-state index is 0.00463. The molecule has 1 aromatic carbocycles. The molecule has 2 nitrogen and oxygen atoms in total. The third kappa shape index (κ3) is 3.55. The maximum Gasteiger partial charge on any atom is 0.124 e. The zero-order chi connectivity index (χ0) is 11.4. The SMILES string of the molecule is C=C(C)CC(NN)c1ccc(F)cc1I. The van der Waals surface area contributed by atoms with E-state index in [2.05, 4.69) is 34.6 Å². The van der Waals surface area contributed by atoms with Crippen molar-refractivity contribution in [3.63, 3.8) is 0 Å². The summed E-state index contributed by atoms with van der Waals surface area (Å²) in [5.74, 6) is 5.24. The van der Waals surface area contributed by atoms with Gasteiger partial charge >= 0.3 is 0 Å². The summed E-state index contributed by atoms with van der Waals surface area (Å²) in [5, 5.41) is 0. The van der Waals surface area contributed by atoms with Gasteiger partial charge in [-0.3, -0.25) is 11.3 Å². The Morgan fingerprint density at radius 2 is 2.33 bits per heavy atom. The van der Waals surface area contributed by atoms with E-state index in [1.54, 1.807) is 6.07 Å². The molecule has 4 heteroatoms. The van der Waals surface area contributed by atoms with Crippen LogP contribution in [0.2, 0.25) is 0 Å². The number of nitrogens with two attached hydrogens (primary N) is 1. The Bertz CT molecular complexity index is 366. The third-order valence-corrected chi connectivity index (χ3v) is 3.03. The maximum atomic E-state index is 12.9. The Kier molecular flexibility index (Phi) is 4.69. The molecular formula is C11H14FIN2. The van der Waals surface area contributed by atoms with Crippen LogP contribution >= 0.6 is 22.6 Å². The molecule has 1 atom stereocenters. The summed E-state index contributed by atoms with van der Waals surface area (Å²) in [5.41, 5.74) is 4.76. The predicted molar refractivity (Wildman–Crippen MR) is 68.6 cm³/mol. The maximum absolute atomic E-state index is 12.9. The first-order chi connectivity index (χ1) is 7.04. The molecule has 0 heterocycles. The Balaban J connectivity index is 2.96. The van der Waals surface area contributed by atoms with Gasteiger partial charge in [-0.15, -0.1) is 6.58 Å². The van der Waals surface area contributed by atoms with Crippen molar-refractivity contribution in [3.05, 3.63) is 45.3 Å². The van der Waals surface area contributed by atoms with E-state index in [0.29, 0.717) is 0 Å². The lowest BCUT2D eigenvalue weighted by Gasteiger charge is -2.17.